The van der Waals surface area contributed by atoms with Crippen molar-refractivity contribution in [2.75, 3.05) is 19.7 Å². The van der Waals surface area contributed by atoms with Crippen molar-refractivity contribution in [3.63, 3.8) is 0 Å². The molecule has 1 spiro atoms. The molecule has 0 saturated carbocycles. The van der Waals surface area contributed by atoms with Crippen LogP contribution in [0.1, 0.15) is 50.9 Å². The van der Waals surface area contributed by atoms with Crippen LogP contribution in [-0.4, -0.2) is 65.9 Å². The van der Waals surface area contributed by atoms with E-state index in [1.54, 1.807) is 6.92 Å². The van der Waals surface area contributed by atoms with Gasteiger partial charge in [-0.1, -0.05) is 12.1 Å². The number of aliphatic hydroxyl groups is 1. The highest BCUT2D eigenvalue weighted by atomic mass is 16.5. The molecule has 192 valence electrons. The molecule has 10 nitrogen and oxygen atoms in total. The fourth-order valence-electron chi connectivity index (χ4n) is 5.58. The molecule has 2 aliphatic heterocycles. The number of fused-ring (bicyclic) bond motifs is 1. The highest BCUT2D eigenvalue weighted by Crippen LogP contribution is 2.43. The number of carbonyl (C=O) groups is 1. The Hall–Kier alpha value is -3.24. The first kappa shape index (κ1) is 24.5. The fraction of sp³-hybridized carbons (Fsp3) is 0.538. The minimum atomic E-state index is -1.25. The quantitative estimate of drug-likeness (QED) is 0.553. The van der Waals surface area contributed by atoms with Crippen molar-refractivity contribution in [1.82, 2.24) is 24.0 Å². The Morgan fingerprint density at radius 1 is 1.22 bits per heavy atom. The molecule has 2 aliphatic rings. The molecule has 2 fully saturated rings. The van der Waals surface area contributed by atoms with Gasteiger partial charge in [0.05, 0.1) is 29.3 Å². The number of piperidine rings is 1. The van der Waals surface area contributed by atoms with Crippen molar-refractivity contribution >= 4 is 16.9 Å². The van der Waals surface area contributed by atoms with E-state index in [9.17, 15) is 19.5 Å². The summed E-state index contributed by atoms with van der Waals surface area (Å²) in [6.07, 6.45) is 5.06. The van der Waals surface area contributed by atoms with Gasteiger partial charge in [0.25, 0.3) is 5.56 Å². The van der Waals surface area contributed by atoms with Crippen LogP contribution in [0.4, 0.5) is 0 Å². The fourth-order valence-corrected chi connectivity index (χ4v) is 5.58. The van der Waals surface area contributed by atoms with Crippen LogP contribution in [0.15, 0.2) is 46.1 Å². The molecule has 3 aromatic rings. The third kappa shape index (κ3) is 4.62. The third-order valence-electron chi connectivity index (χ3n) is 7.84. The number of H-pyrrole nitrogens is 1. The van der Waals surface area contributed by atoms with Crippen LogP contribution < -0.4 is 11.2 Å². The molecule has 2 N–H and O–H groups in total. The maximum atomic E-state index is 12.9. The lowest BCUT2D eigenvalue weighted by atomic mass is 9.77. The minimum Gasteiger partial charge on any atom is -0.386 e. The number of carbonyl (C=O) groups excluding carboxylic acids is 1. The van der Waals surface area contributed by atoms with Crippen LogP contribution in [0.3, 0.4) is 0 Å². The minimum absolute atomic E-state index is 0.0786. The number of aromatic amines is 1. The predicted molar refractivity (Wildman–Crippen MR) is 134 cm³/mol. The van der Waals surface area contributed by atoms with Gasteiger partial charge < -0.3 is 19.3 Å². The van der Waals surface area contributed by atoms with Crippen molar-refractivity contribution in [3.05, 3.63) is 63.2 Å². The lowest BCUT2D eigenvalue weighted by Gasteiger charge is -2.51. The maximum Gasteiger partial charge on any atom is 0.328 e. The zero-order chi connectivity index (χ0) is 25.5. The van der Waals surface area contributed by atoms with Gasteiger partial charge in [0, 0.05) is 51.7 Å². The van der Waals surface area contributed by atoms with Gasteiger partial charge in [0.1, 0.15) is 11.4 Å². The smallest absolute Gasteiger partial charge is 0.328 e. The number of nitrogens with one attached hydrogen (secondary N) is 1. The molecule has 0 unspecified atom stereocenters. The zero-order valence-electron chi connectivity index (χ0n) is 20.8. The van der Waals surface area contributed by atoms with Gasteiger partial charge in [0.15, 0.2) is 0 Å². The molecular weight excluding hydrogens is 462 g/mol. The van der Waals surface area contributed by atoms with Gasteiger partial charge in [-0.05, 0) is 38.3 Å². The molecule has 4 heterocycles. The van der Waals surface area contributed by atoms with Gasteiger partial charge in [-0.25, -0.2) is 9.78 Å². The molecule has 36 heavy (non-hydrogen) atoms. The van der Waals surface area contributed by atoms with Crippen LogP contribution in [0.5, 0.6) is 0 Å². The van der Waals surface area contributed by atoms with Crippen LogP contribution in [0.25, 0.3) is 11.0 Å². The largest absolute Gasteiger partial charge is 0.386 e. The van der Waals surface area contributed by atoms with Gasteiger partial charge in [-0.15, -0.1) is 0 Å². The van der Waals surface area contributed by atoms with Crippen molar-refractivity contribution in [2.45, 2.75) is 62.7 Å². The van der Waals surface area contributed by atoms with E-state index in [-0.39, 0.29) is 12.5 Å². The Balaban J connectivity index is 1.18. The Bertz CT molecular complexity index is 1380. The molecule has 0 aliphatic carbocycles. The van der Waals surface area contributed by atoms with Gasteiger partial charge in [-0.2, -0.15) is 0 Å². The Morgan fingerprint density at radius 3 is 2.69 bits per heavy atom. The molecule has 2 atom stereocenters. The van der Waals surface area contributed by atoms with Crippen molar-refractivity contribution in [1.29, 1.82) is 0 Å². The first-order valence-corrected chi connectivity index (χ1v) is 12.5. The summed E-state index contributed by atoms with van der Waals surface area (Å²) in [5.74, 6) is 1.10. The second-order valence-corrected chi connectivity index (χ2v) is 10.4. The summed E-state index contributed by atoms with van der Waals surface area (Å²) in [6, 6.07) is 8.77. The van der Waals surface area contributed by atoms with E-state index in [2.05, 4.69) is 9.55 Å². The van der Waals surface area contributed by atoms with E-state index in [4.69, 9.17) is 9.72 Å². The topological polar surface area (TPSA) is 122 Å². The average molecular weight is 496 g/mol. The van der Waals surface area contributed by atoms with Gasteiger partial charge in [0.2, 0.25) is 5.91 Å². The van der Waals surface area contributed by atoms with Gasteiger partial charge >= 0.3 is 5.69 Å². The standard InChI is InChI=1S/C26H33N5O5/c1-25(35)17-36-26(16-20(25)31-13-10-22(32)28-24(31)34)11-14-30(15-12-26)23(33)9-5-8-21-27-18-6-3-4-7-19(18)29(21)2/h3-4,6-7,10,13,20,35H,5,8-9,11-12,14-17H2,1-2H3,(H,28,32,34)/t20-,25-/m0/s1. The summed E-state index contributed by atoms with van der Waals surface area (Å²) in [6.45, 7) is 2.86. The molecule has 5 rings (SSSR count). The molecular formula is C26H33N5O5. The molecule has 10 heteroatoms. The number of likely N-dealkylation sites (tertiary alicyclic amines) is 1. The van der Waals surface area contributed by atoms with Gasteiger partial charge in [-0.3, -0.25) is 19.1 Å². The van der Waals surface area contributed by atoms with E-state index in [1.165, 1.54) is 16.8 Å². The van der Waals surface area contributed by atoms with E-state index in [0.717, 1.165) is 29.7 Å². The van der Waals surface area contributed by atoms with E-state index < -0.39 is 28.5 Å². The monoisotopic (exact) mass is 495 g/mol. The molecule has 0 bridgehead atoms. The summed E-state index contributed by atoms with van der Waals surface area (Å²) in [7, 11) is 2.01. The average Bonchev–Trinajstić information content (AvgIpc) is 3.17. The predicted octanol–water partition coefficient (Wildman–Crippen LogP) is 1.52. The third-order valence-corrected chi connectivity index (χ3v) is 7.84. The second kappa shape index (κ2) is 9.33. The summed E-state index contributed by atoms with van der Waals surface area (Å²) in [4.78, 5) is 45.7. The number of aromatic nitrogens is 4. The molecule has 1 aromatic carbocycles. The molecule has 0 radical (unpaired) electrons. The number of hydrogen-bond acceptors (Lipinski definition) is 6. The molecule has 2 aromatic heterocycles. The Kier molecular flexibility index (Phi) is 6.34. The number of para-hydroxylation sites is 2. The number of nitrogens with zero attached hydrogens (tertiary/aromatic N) is 4. The SMILES string of the molecule is Cn1c(CCCC(=O)N2CCC3(CC2)C[C@H](n2ccc(=O)[nH]c2=O)[C@@](C)(O)CO3)nc2ccccc21. The highest BCUT2D eigenvalue weighted by molar-refractivity contribution is 5.77. The van der Waals surface area contributed by atoms with E-state index in [0.29, 0.717) is 38.8 Å². The first-order valence-electron chi connectivity index (χ1n) is 12.5. The first-order chi connectivity index (χ1) is 17.2. The van der Waals surface area contributed by atoms with E-state index in [1.807, 2.05) is 36.2 Å². The maximum absolute atomic E-state index is 12.9. The number of hydrogen-bond donors (Lipinski definition) is 2. The lowest BCUT2D eigenvalue weighted by Crippen LogP contribution is -2.58. The summed E-state index contributed by atoms with van der Waals surface area (Å²) < 4.78 is 9.64. The highest BCUT2D eigenvalue weighted by Gasteiger charge is 2.49. The number of aryl methyl sites for hydroxylation is 2. The number of ether oxygens (including phenoxy) is 1. The van der Waals surface area contributed by atoms with Crippen molar-refractivity contribution < 1.29 is 14.6 Å². The molecule has 2 saturated heterocycles. The normalized spacial score (nSPS) is 23.9. The van der Waals surface area contributed by atoms with E-state index >= 15 is 0 Å². The van der Waals surface area contributed by atoms with Crippen LogP contribution in [0, 0.1) is 0 Å². The summed E-state index contributed by atoms with van der Waals surface area (Å²) in [5.41, 5.74) is -0.730. The Morgan fingerprint density at radius 2 is 1.97 bits per heavy atom. The Labute approximate surface area is 208 Å². The van der Waals surface area contributed by atoms with Crippen LogP contribution in [-0.2, 0) is 23.0 Å². The lowest BCUT2D eigenvalue weighted by molar-refractivity contribution is -0.202. The number of rotatable bonds is 5. The number of amides is 1. The second-order valence-electron chi connectivity index (χ2n) is 10.4. The number of benzene rings is 1. The summed E-state index contributed by atoms with van der Waals surface area (Å²) >= 11 is 0. The number of imidazole rings is 1. The zero-order valence-corrected chi connectivity index (χ0v) is 20.8. The van der Waals surface area contributed by atoms with Crippen molar-refractivity contribution in [3.8, 4) is 0 Å². The van der Waals surface area contributed by atoms with Crippen LogP contribution in [0.2, 0.25) is 0 Å². The van der Waals surface area contributed by atoms with Crippen molar-refractivity contribution in [2.24, 2.45) is 7.05 Å². The molecule has 1 amide bonds. The van der Waals surface area contributed by atoms with Crippen LogP contribution >= 0.6 is 0 Å². The summed E-state index contributed by atoms with van der Waals surface area (Å²) in [5, 5.41) is 10.9.